The zero-order valence-corrected chi connectivity index (χ0v) is 9.16. The van der Waals surface area contributed by atoms with Gasteiger partial charge in [-0.05, 0) is 30.7 Å². The number of benzene rings is 1. The summed E-state index contributed by atoms with van der Waals surface area (Å²) < 4.78 is 1.70. The average molecular weight is 230 g/mol. The largest absolute Gasteiger partial charge is 0.314 e. The Morgan fingerprint density at radius 3 is 2.71 bits per heavy atom. The van der Waals surface area contributed by atoms with Crippen molar-refractivity contribution in [2.24, 2.45) is 0 Å². The Morgan fingerprint density at radius 2 is 2.12 bits per heavy atom. The van der Waals surface area contributed by atoms with Crippen LogP contribution >= 0.6 is 0 Å². The highest BCUT2D eigenvalue weighted by atomic mass is 16.6. The number of nitro benzene ring substituents is 1. The molecule has 1 aromatic carbocycles. The van der Waals surface area contributed by atoms with Gasteiger partial charge in [-0.1, -0.05) is 0 Å². The molecule has 0 saturated heterocycles. The minimum atomic E-state index is -0.437. The van der Waals surface area contributed by atoms with Crippen LogP contribution in [0, 0.1) is 17.0 Å². The second-order valence-corrected chi connectivity index (χ2v) is 3.65. The summed E-state index contributed by atoms with van der Waals surface area (Å²) in [5.74, 6) is 0. The van der Waals surface area contributed by atoms with E-state index in [1.165, 1.54) is 12.1 Å². The number of hydrogen-bond donors (Lipinski definition) is 0. The summed E-state index contributed by atoms with van der Waals surface area (Å²) in [5.41, 5.74) is 2.08. The molecule has 86 valence electrons. The molecule has 0 unspecified atom stereocenters. The SMILES string of the molecule is Cc1cc([N+](=O)[O-])ccc1-n1cccc1C=O. The van der Waals surface area contributed by atoms with Crippen LogP contribution in [0.5, 0.6) is 0 Å². The summed E-state index contributed by atoms with van der Waals surface area (Å²) in [7, 11) is 0. The van der Waals surface area contributed by atoms with Gasteiger partial charge in [0, 0.05) is 24.0 Å². The van der Waals surface area contributed by atoms with E-state index in [1.54, 1.807) is 35.9 Å². The fourth-order valence-corrected chi connectivity index (χ4v) is 1.73. The van der Waals surface area contributed by atoms with Crippen molar-refractivity contribution in [3.63, 3.8) is 0 Å². The summed E-state index contributed by atoms with van der Waals surface area (Å²) in [6.07, 6.45) is 2.50. The third kappa shape index (κ3) is 1.94. The smallest absolute Gasteiger partial charge is 0.269 e. The van der Waals surface area contributed by atoms with Crippen LogP contribution in [0.3, 0.4) is 0 Å². The van der Waals surface area contributed by atoms with Gasteiger partial charge in [0.1, 0.15) is 0 Å². The Hall–Kier alpha value is -2.43. The van der Waals surface area contributed by atoms with E-state index in [-0.39, 0.29) is 5.69 Å². The Kier molecular flexibility index (Phi) is 2.74. The number of non-ortho nitro benzene ring substituents is 1. The number of nitro groups is 1. The van der Waals surface area contributed by atoms with E-state index in [0.717, 1.165) is 17.5 Å². The Bertz CT molecular complexity index is 587. The van der Waals surface area contributed by atoms with Crippen molar-refractivity contribution in [3.8, 4) is 5.69 Å². The van der Waals surface area contributed by atoms with Gasteiger partial charge < -0.3 is 4.57 Å². The lowest BCUT2D eigenvalue weighted by Crippen LogP contribution is -2.00. The van der Waals surface area contributed by atoms with Gasteiger partial charge in [0.05, 0.1) is 10.6 Å². The normalized spacial score (nSPS) is 10.2. The van der Waals surface area contributed by atoms with E-state index in [2.05, 4.69) is 0 Å². The molecular formula is C12H10N2O3. The summed E-state index contributed by atoms with van der Waals surface area (Å²) in [4.78, 5) is 21.0. The van der Waals surface area contributed by atoms with Crippen LogP contribution in [0.25, 0.3) is 5.69 Å². The molecule has 2 aromatic rings. The van der Waals surface area contributed by atoms with Crippen molar-refractivity contribution in [3.05, 3.63) is 57.9 Å². The van der Waals surface area contributed by atoms with Gasteiger partial charge in [0.25, 0.3) is 5.69 Å². The molecule has 0 amide bonds. The second kappa shape index (κ2) is 4.21. The predicted octanol–water partition coefficient (Wildman–Crippen LogP) is 2.51. The van der Waals surface area contributed by atoms with Gasteiger partial charge in [0.15, 0.2) is 6.29 Å². The van der Waals surface area contributed by atoms with Gasteiger partial charge in [0.2, 0.25) is 0 Å². The first-order valence-electron chi connectivity index (χ1n) is 5.01. The van der Waals surface area contributed by atoms with E-state index < -0.39 is 4.92 Å². The van der Waals surface area contributed by atoms with Crippen molar-refractivity contribution < 1.29 is 9.72 Å². The quantitative estimate of drug-likeness (QED) is 0.462. The maximum absolute atomic E-state index is 10.8. The summed E-state index contributed by atoms with van der Waals surface area (Å²) >= 11 is 0. The summed E-state index contributed by atoms with van der Waals surface area (Å²) in [6.45, 7) is 1.77. The molecular weight excluding hydrogens is 220 g/mol. The van der Waals surface area contributed by atoms with Gasteiger partial charge >= 0.3 is 0 Å². The predicted molar refractivity (Wildman–Crippen MR) is 62.5 cm³/mol. The first kappa shape index (κ1) is 11.1. The number of nitrogens with zero attached hydrogens (tertiary/aromatic N) is 2. The molecule has 17 heavy (non-hydrogen) atoms. The molecule has 5 nitrogen and oxygen atoms in total. The Labute approximate surface area is 97.5 Å². The van der Waals surface area contributed by atoms with Crippen LogP contribution in [-0.2, 0) is 0 Å². The van der Waals surface area contributed by atoms with Crippen LogP contribution in [0.1, 0.15) is 16.1 Å². The standard InChI is InChI=1S/C12H10N2O3/c1-9-7-10(14(16)17)4-5-12(9)13-6-2-3-11(13)8-15/h2-8H,1H3. The molecule has 0 bridgehead atoms. The van der Waals surface area contributed by atoms with Crippen LogP contribution in [-0.4, -0.2) is 15.8 Å². The Balaban J connectivity index is 2.54. The maximum Gasteiger partial charge on any atom is 0.269 e. The van der Waals surface area contributed by atoms with Gasteiger partial charge in [-0.3, -0.25) is 14.9 Å². The molecule has 0 fully saturated rings. The molecule has 0 aliphatic heterocycles. The molecule has 0 radical (unpaired) electrons. The highest BCUT2D eigenvalue weighted by Crippen LogP contribution is 2.21. The molecule has 0 N–H and O–H groups in total. The molecule has 0 spiro atoms. The van der Waals surface area contributed by atoms with Crippen molar-refractivity contribution in [1.29, 1.82) is 0 Å². The highest BCUT2D eigenvalue weighted by Gasteiger charge is 2.10. The Morgan fingerprint density at radius 1 is 1.35 bits per heavy atom. The van der Waals surface area contributed by atoms with E-state index in [4.69, 9.17) is 0 Å². The number of hydrogen-bond acceptors (Lipinski definition) is 3. The molecule has 0 aliphatic rings. The molecule has 2 rings (SSSR count). The van der Waals surface area contributed by atoms with E-state index in [1.807, 2.05) is 0 Å². The van der Waals surface area contributed by atoms with Crippen molar-refractivity contribution >= 4 is 12.0 Å². The maximum atomic E-state index is 10.8. The monoisotopic (exact) mass is 230 g/mol. The third-order valence-corrected chi connectivity index (χ3v) is 2.55. The van der Waals surface area contributed by atoms with Crippen molar-refractivity contribution in [2.75, 3.05) is 0 Å². The average Bonchev–Trinajstić information content (AvgIpc) is 2.76. The minimum absolute atomic E-state index is 0.0473. The van der Waals surface area contributed by atoms with E-state index in [0.29, 0.717) is 5.69 Å². The summed E-state index contributed by atoms with van der Waals surface area (Å²) in [5, 5.41) is 10.6. The fraction of sp³-hybridized carbons (Fsp3) is 0.0833. The number of rotatable bonds is 3. The lowest BCUT2D eigenvalue weighted by Gasteiger charge is -2.08. The van der Waals surface area contributed by atoms with Crippen molar-refractivity contribution in [1.82, 2.24) is 4.57 Å². The number of carbonyl (C=O) groups excluding carboxylic acids is 1. The van der Waals surface area contributed by atoms with E-state index in [9.17, 15) is 14.9 Å². The van der Waals surface area contributed by atoms with Crippen LogP contribution in [0.2, 0.25) is 0 Å². The zero-order chi connectivity index (χ0) is 12.4. The highest BCUT2D eigenvalue weighted by molar-refractivity contribution is 5.74. The minimum Gasteiger partial charge on any atom is -0.314 e. The first-order chi connectivity index (χ1) is 8.13. The summed E-state index contributed by atoms with van der Waals surface area (Å²) in [6, 6.07) is 8.00. The van der Waals surface area contributed by atoms with Crippen molar-refractivity contribution in [2.45, 2.75) is 6.92 Å². The first-order valence-corrected chi connectivity index (χ1v) is 5.01. The lowest BCUT2D eigenvalue weighted by atomic mass is 10.1. The van der Waals surface area contributed by atoms with Crippen LogP contribution in [0.15, 0.2) is 36.5 Å². The number of aldehydes is 1. The van der Waals surface area contributed by atoms with Gasteiger partial charge in [-0.15, -0.1) is 0 Å². The van der Waals surface area contributed by atoms with E-state index >= 15 is 0 Å². The molecule has 1 aromatic heterocycles. The molecule has 0 aliphatic carbocycles. The number of aromatic nitrogens is 1. The van der Waals surface area contributed by atoms with Gasteiger partial charge in [-0.2, -0.15) is 0 Å². The molecule has 1 heterocycles. The van der Waals surface area contributed by atoms with Crippen LogP contribution in [0.4, 0.5) is 5.69 Å². The molecule has 0 saturated carbocycles. The zero-order valence-electron chi connectivity index (χ0n) is 9.16. The molecule has 0 atom stereocenters. The number of carbonyl (C=O) groups is 1. The third-order valence-electron chi connectivity index (χ3n) is 2.55. The number of aryl methyl sites for hydroxylation is 1. The van der Waals surface area contributed by atoms with Crippen LogP contribution < -0.4 is 0 Å². The topological polar surface area (TPSA) is 65.1 Å². The fourth-order valence-electron chi connectivity index (χ4n) is 1.73. The second-order valence-electron chi connectivity index (χ2n) is 3.65. The lowest BCUT2D eigenvalue weighted by molar-refractivity contribution is -0.384. The molecule has 5 heteroatoms. The van der Waals surface area contributed by atoms with Gasteiger partial charge in [-0.25, -0.2) is 0 Å².